The number of hydrogen-bond acceptors (Lipinski definition) is 3. The predicted molar refractivity (Wildman–Crippen MR) is 124 cm³/mol. The number of carboxylic acid groups (broad SMARTS) is 1. The number of carbonyl (C=O) groups is 1. The van der Waals surface area contributed by atoms with Gasteiger partial charge in [0.2, 0.25) is 0 Å². The number of aliphatic hydroxyl groups excluding tert-OH is 1. The van der Waals surface area contributed by atoms with Gasteiger partial charge in [0.15, 0.2) is 0 Å². The third kappa shape index (κ3) is 11.5. The zero-order valence-corrected chi connectivity index (χ0v) is 19.4. The molecule has 0 amide bonds. The average molecular weight is 419 g/mol. The Hall–Kier alpha value is -1.65. The van der Waals surface area contributed by atoms with Crippen molar-refractivity contribution in [3.05, 3.63) is 47.6 Å². The lowest BCUT2D eigenvalue weighted by Crippen LogP contribution is -2.21. The number of aliphatic carboxylic acids is 1. The van der Waals surface area contributed by atoms with Gasteiger partial charge in [-0.2, -0.15) is 0 Å². The van der Waals surface area contributed by atoms with E-state index in [1.165, 1.54) is 24.0 Å². The lowest BCUT2D eigenvalue weighted by molar-refractivity contribution is -0.141. The Morgan fingerprint density at radius 3 is 2.67 bits per heavy atom. The Labute approximate surface area is 183 Å². The minimum Gasteiger partial charge on any atom is -0.480 e. The molecule has 0 radical (unpaired) electrons. The van der Waals surface area contributed by atoms with E-state index >= 15 is 0 Å². The van der Waals surface area contributed by atoms with Gasteiger partial charge in [-0.1, -0.05) is 67.9 Å². The minimum absolute atomic E-state index is 0.0282. The molecule has 0 spiro atoms. The minimum atomic E-state index is -0.939. The van der Waals surface area contributed by atoms with Crippen molar-refractivity contribution in [2.45, 2.75) is 85.2 Å². The van der Waals surface area contributed by atoms with Crippen LogP contribution < -0.4 is 0 Å². The van der Waals surface area contributed by atoms with E-state index in [0.717, 1.165) is 38.5 Å². The van der Waals surface area contributed by atoms with Gasteiger partial charge >= 0.3 is 5.97 Å². The first-order valence-corrected chi connectivity index (χ1v) is 11.4. The molecule has 2 N–H and O–H groups in total. The monoisotopic (exact) mass is 418 g/mol. The highest BCUT2D eigenvalue weighted by atomic mass is 16.5. The Kier molecular flexibility index (Phi) is 12.6. The topological polar surface area (TPSA) is 66.8 Å². The van der Waals surface area contributed by atoms with Gasteiger partial charge in [-0.05, 0) is 64.7 Å². The molecule has 1 aliphatic rings. The highest BCUT2D eigenvalue weighted by Crippen LogP contribution is 2.41. The summed E-state index contributed by atoms with van der Waals surface area (Å²) in [6, 6.07) is 0. The van der Waals surface area contributed by atoms with Crippen molar-refractivity contribution in [3.8, 4) is 0 Å². The molecule has 4 heteroatoms. The number of carboxylic acids is 1. The van der Waals surface area contributed by atoms with E-state index in [9.17, 15) is 9.90 Å². The van der Waals surface area contributed by atoms with Crippen LogP contribution in [0.3, 0.4) is 0 Å². The van der Waals surface area contributed by atoms with Crippen molar-refractivity contribution in [2.24, 2.45) is 11.3 Å². The van der Waals surface area contributed by atoms with Gasteiger partial charge in [0.25, 0.3) is 0 Å². The second kappa shape index (κ2) is 14.4. The summed E-state index contributed by atoms with van der Waals surface area (Å²) in [5, 5.41) is 18.9. The number of rotatable bonds is 13. The highest BCUT2D eigenvalue weighted by Gasteiger charge is 2.28. The molecular formula is C26H42O4. The molecule has 0 aromatic rings. The number of allylic oxidation sites excluding steroid dienone is 6. The molecule has 0 heterocycles. The van der Waals surface area contributed by atoms with Crippen LogP contribution in [0.15, 0.2) is 47.6 Å². The van der Waals surface area contributed by atoms with Gasteiger partial charge in [0.1, 0.15) is 6.61 Å². The van der Waals surface area contributed by atoms with Gasteiger partial charge < -0.3 is 14.9 Å². The Bertz CT molecular complexity index is 625. The predicted octanol–water partition coefficient (Wildman–Crippen LogP) is 6.23. The quantitative estimate of drug-likeness (QED) is 0.211. The molecular weight excluding hydrogens is 376 g/mol. The summed E-state index contributed by atoms with van der Waals surface area (Å²) in [4.78, 5) is 10.6. The summed E-state index contributed by atoms with van der Waals surface area (Å²) >= 11 is 0. The fraction of sp³-hybridized carbons (Fsp3) is 0.654. The van der Waals surface area contributed by atoms with Gasteiger partial charge in [0.05, 0.1) is 12.7 Å². The van der Waals surface area contributed by atoms with Crippen LogP contribution in [0.5, 0.6) is 0 Å². The van der Waals surface area contributed by atoms with E-state index in [-0.39, 0.29) is 12.0 Å². The fourth-order valence-electron chi connectivity index (χ4n) is 3.90. The number of aliphatic hydroxyl groups is 1. The largest absolute Gasteiger partial charge is 0.480 e. The molecule has 0 saturated heterocycles. The summed E-state index contributed by atoms with van der Waals surface area (Å²) in [7, 11) is 0. The highest BCUT2D eigenvalue weighted by molar-refractivity contribution is 5.68. The Morgan fingerprint density at radius 2 is 1.97 bits per heavy atom. The van der Waals surface area contributed by atoms with Gasteiger partial charge in [0, 0.05) is 5.41 Å². The number of ether oxygens (including phenoxy) is 1. The summed E-state index contributed by atoms with van der Waals surface area (Å²) < 4.78 is 5.18. The van der Waals surface area contributed by atoms with Gasteiger partial charge in [-0.25, -0.2) is 4.79 Å². The van der Waals surface area contributed by atoms with Crippen molar-refractivity contribution >= 4 is 5.97 Å². The van der Waals surface area contributed by atoms with Gasteiger partial charge in [-0.3, -0.25) is 0 Å². The maximum atomic E-state index is 10.6. The zero-order valence-electron chi connectivity index (χ0n) is 19.4. The van der Waals surface area contributed by atoms with Crippen LogP contribution in [0.4, 0.5) is 0 Å². The Balaban J connectivity index is 2.47. The van der Waals surface area contributed by atoms with Crippen molar-refractivity contribution < 1.29 is 19.7 Å². The van der Waals surface area contributed by atoms with E-state index in [0.29, 0.717) is 12.5 Å². The van der Waals surface area contributed by atoms with Crippen LogP contribution in [-0.4, -0.2) is 35.5 Å². The molecule has 3 atom stereocenters. The molecule has 0 aromatic heterocycles. The van der Waals surface area contributed by atoms with E-state index in [4.69, 9.17) is 9.84 Å². The van der Waals surface area contributed by atoms with Crippen molar-refractivity contribution in [1.29, 1.82) is 0 Å². The van der Waals surface area contributed by atoms with Crippen LogP contribution in [0.25, 0.3) is 0 Å². The molecule has 0 aliphatic heterocycles. The summed E-state index contributed by atoms with van der Waals surface area (Å²) in [6.07, 6.45) is 20.6. The first-order chi connectivity index (χ1) is 14.2. The lowest BCUT2D eigenvalue weighted by atomic mass is 9.71. The van der Waals surface area contributed by atoms with Crippen molar-refractivity contribution in [2.75, 3.05) is 13.2 Å². The second-order valence-electron chi connectivity index (χ2n) is 9.12. The molecule has 1 aliphatic carbocycles. The fourth-order valence-corrected chi connectivity index (χ4v) is 3.90. The van der Waals surface area contributed by atoms with Crippen LogP contribution in [-0.2, 0) is 9.53 Å². The summed E-state index contributed by atoms with van der Waals surface area (Å²) in [5.74, 6) is -0.318. The molecule has 30 heavy (non-hydrogen) atoms. The first-order valence-electron chi connectivity index (χ1n) is 11.4. The van der Waals surface area contributed by atoms with Crippen molar-refractivity contribution in [1.82, 2.24) is 0 Å². The molecule has 0 bridgehead atoms. The van der Waals surface area contributed by atoms with E-state index in [1.807, 2.05) is 24.3 Å². The Morgan fingerprint density at radius 1 is 1.20 bits per heavy atom. The third-order valence-electron chi connectivity index (χ3n) is 5.87. The molecule has 0 unspecified atom stereocenters. The van der Waals surface area contributed by atoms with Crippen LogP contribution in [0.1, 0.15) is 79.1 Å². The maximum absolute atomic E-state index is 10.6. The van der Waals surface area contributed by atoms with Crippen LogP contribution >= 0.6 is 0 Å². The third-order valence-corrected chi connectivity index (χ3v) is 5.87. The standard InChI is InChI=1S/C26H42O4/c1-21(2)10-9-11-22(3)14-15-24(27)13-6-8-18-26(4)17-7-5-12-23(26)16-19-30-20-25(28)29/h6,8,10,13,16,18,22,24,27H,5,7,9,11-12,14-15,17,19-20H2,1-4H3,(H,28,29)/b13-6+,18-8+,23-16?/t22-,24-,26-/m0/s1. The SMILES string of the molecule is CC(C)=CCC[C@H](C)CC[C@@H](O)/C=C/C=C/[C@]1(C)CCCCC1=CCOCC(=O)O. The molecule has 0 aromatic carbocycles. The zero-order chi connectivity index (χ0) is 22.4. The number of hydrogen-bond donors (Lipinski definition) is 2. The van der Waals surface area contributed by atoms with E-state index in [1.54, 1.807) is 0 Å². The maximum Gasteiger partial charge on any atom is 0.329 e. The summed E-state index contributed by atoms with van der Waals surface area (Å²) in [5.41, 5.74) is 2.66. The first kappa shape index (κ1) is 26.4. The smallest absolute Gasteiger partial charge is 0.329 e. The lowest BCUT2D eigenvalue weighted by Gasteiger charge is -2.34. The van der Waals surface area contributed by atoms with E-state index < -0.39 is 12.1 Å². The van der Waals surface area contributed by atoms with E-state index in [2.05, 4.69) is 39.8 Å². The normalized spacial score (nSPS) is 23.2. The summed E-state index contributed by atoms with van der Waals surface area (Å²) in [6.45, 7) is 8.83. The second-order valence-corrected chi connectivity index (χ2v) is 9.12. The molecule has 4 nitrogen and oxygen atoms in total. The van der Waals surface area contributed by atoms with Crippen molar-refractivity contribution in [3.63, 3.8) is 0 Å². The molecule has 1 rings (SSSR count). The van der Waals surface area contributed by atoms with Gasteiger partial charge in [-0.15, -0.1) is 0 Å². The van der Waals surface area contributed by atoms with Crippen LogP contribution in [0, 0.1) is 11.3 Å². The van der Waals surface area contributed by atoms with Crippen LogP contribution in [0.2, 0.25) is 0 Å². The molecule has 1 saturated carbocycles. The average Bonchev–Trinajstić information content (AvgIpc) is 2.68. The molecule has 1 fully saturated rings. The molecule has 170 valence electrons.